The molecule has 1 atom stereocenters. The molecule has 1 N–H and O–H groups in total. The number of ether oxygens (including phenoxy) is 1. The van der Waals surface area contributed by atoms with E-state index in [1.165, 1.54) is 4.31 Å². The van der Waals surface area contributed by atoms with Crippen LogP contribution in [0.1, 0.15) is 12.5 Å². The third-order valence-electron chi connectivity index (χ3n) is 4.08. The molecule has 7 heteroatoms. The Labute approximate surface area is 147 Å². The monoisotopic (exact) mass is 360 g/mol. The number of hydrogen-bond acceptors (Lipinski definition) is 4. The van der Waals surface area contributed by atoms with E-state index in [2.05, 4.69) is 5.32 Å². The van der Waals surface area contributed by atoms with Crippen molar-refractivity contribution in [2.75, 3.05) is 22.4 Å². The molecule has 2 aromatic rings. The second kappa shape index (κ2) is 6.76. The van der Waals surface area contributed by atoms with Gasteiger partial charge in [-0.2, -0.15) is 0 Å². The maximum atomic E-state index is 12.7. The molecule has 1 aliphatic rings. The Bertz CT molecular complexity index is 895. The first kappa shape index (κ1) is 17.3. The molecule has 0 saturated heterocycles. The number of fused-ring (bicyclic) bond motifs is 1. The van der Waals surface area contributed by atoms with E-state index in [1.54, 1.807) is 24.3 Å². The zero-order chi connectivity index (χ0) is 18.0. The highest BCUT2D eigenvalue weighted by molar-refractivity contribution is 7.92. The lowest BCUT2D eigenvalue weighted by Crippen LogP contribution is -2.48. The van der Waals surface area contributed by atoms with E-state index in [9.17, 15) is 13.2 Å². The highest BCUT2D eigenvalue weighted by atomic mass is 32.2. The van der Waals surface area contributed by atoms with E-state index >= 15 is 0 Å². The fraction of sp³-hybridized carbons (Fsp3) is 0.278. The maximum absolute atomic E-state index is 12.7. The maximum Gasteiger partial charge on any atom is 0.267 e. The lowest BCUT2D eigenvalue weighted by Gasteiger charge is -2.33. The second-order valence-corrected chi connectivity index (χ2v) is 7.78. The molecule has 0 radical (unpaired) electrons. The van der Waals surface area contributed by atoms with Gasteiger partial charge in [0.2, 0.25) is 10.0 Å². The normalized spacial score (nSPS) is 16.7. The number of nitrogens with zero attached hydrogens (tertiary/aromatic N) is 1. The van der Waals surface area contributed by atoms with Crippen LogP contribution >= 0.6 is 0 Å². The number of para-hydroxylation sites is 3. The Morgan fingerprint density at radius 1 is 1.20 bits per heavy atom. The van der Waals surface area contributed by atoms with E-state index in [1.807, 2.05) is 31.2 Å². The van der Waals surface area contributed by atoms with Gasteiger partial charge < -0.3 is 10.1 Å². The molecule has 0 spiro atoms. The molecule has 6 nitrogen and oxygen atoms in total. The van der Waals surface area contributed by atoms with Gasteiger partial charge in [-0.05, 0) is 30.2 Å². The summed E-state index contributed by atoms with van der Waals surface area (Å²) < 4.78 is 31.2. The molecule has 25 heavy (non-hydrogen) atoms. The van der Waals surface area contributed by atoms with Gasteiger partial charge in [0.15, 0.2) is 6.10 Å². The summed E-state index contributed by atoms with van der Waals surface area (Å²) in [5, 5.41) is 2.85. The number of carbonyl (C=O) groups is 1. The zero-order valence-electron chi connectivity index (χ0n) is 14.1. The summed E-state index contributed by atoms with van der Waals surface area (Å²) in [6, 6.07) is 14.3. The summed E-state index contributed by atoms with van der Waals surface area (Å²) in [7, 11) is -3.52. The lowest BCUT2D eigenvalue weighted by atomic mass is 10.1. The number of nitrogens with one attached hydrogen (secondary N) is 1. The highest BCUT2D eigenvalue weighted by Crippen LogP contribution is 2.34. The number of hydrogen-bond donors (Lipinski definition) is 1. The molecule has 132 valence electrons. The molecule has 0 aromatic heterocycles. The molecular weight excluding hydrogens is 340 g/mol. The molecule has 0 fully saturated rings. The number of rotatable bonds is 4. The minimum atomic E-state index is -3.52. The molecule has 2 aromatic carbocycles. The van der Waals surface area contributed by atoms with Gasteiger partial charge in [0.05, 0.1) is 18.5 Å². The number of anilines is 2. The van der Waals surface area contributed by atoms with Crippen LogP contribution in [0.4, 0.5) is 11.4 Å². The average Bonchev–Trinajstić information content (AvgIpc) is 2.60. The summed E-state index contributed by atoms with van der Waals surface area (Å²) in [4.78, 5) is 12.7. The van der Waals surface area contributed by atoms with Crippen molar-refractivity contribution in [3.8, 4) is 5.75 Å². The summed E-state index contributed by atoms with van der Waals surface area (Å²) >= 11 is 0. The average molecular weight is 360 g/mol. The third-order valence-corrected chi connectivity index (χ3v) is 5.23. The van der Waals surface area contributed by atoms with Gasteiger partial charge in [0.1, 0.15) is 5.75 Å². The predicted molar refractivity (Wildman–Crippen MR) is 97.5 cm³/mol. The minimum Gasteiger partial charge on any atom is -0.476 e. The van der Waals surface area contributed by atoms with E-state index in [4.69, 9.17) is 4.74 Å². The van der Waals surface area contributed by atoms with Crippen LogP contribution in [0.3, 0.4) is 0 Å². The Morgan fingerprint density at radius 3 is 2.60 bits per heavy atom. The van der Waals surface area contributed by atoms with Crippen LogP contribution in [0.25, 0.3) is 0 Å². The van der Waals surface area contributed by atoms with Crippen molar-refractivity contribution in [3.05, 3.63) is 54.1 Å². The van der Waals surface area contributed by atoms with Crippen molar-refractivity contribution in [1.29, 1.82) is 0 Å². The van der Waals surface area contributed by atoms with Crippen molar-refractivity contribution in [1.82, 2.24) is 0 Å². The van der Waals surface area contributed by atoms with Crippen LogP contribution in [-0.2, 0) is 21.2 Å². The summed E-state index contributed by atoms with van der Waals surface area (Å²) in [5.74, 6) is 0.00662. The van der Waals surface area contributed by atoms with Gasteiger partial charge in [-0.15, -0.1) is 0 Å². The first-order valence-corrected chi connectivity index (χ1v) is 9.87. The van der Waals surface area contributed by atoms with Crippen LogP contribution < -0.4 is 14.4 Å². The van der Waals surface area contributed by atoms with Crippen molar-refractivity contribution >= 4 is 27.3 Å². The fourth-order valence-corrected chi connectivity index (χ4v) is 3.73. The molecule has 1 heterocycles. The van der Waals surface area contributed by atoms with Gasteiger partial charge in [0.25, 0.3) is 5.91 Å². The number of aryl methyl sites for hydroxylation is 1. The topological polar surface area (TPSA) is 75.7 Å². The largest absolute Gasteiger partial charge is 0.476 e. The summed E-state index contributed by atoms with van der Waals surface area (Å²) in [6.45, 7) is 1.94. The van der Waals surface area contributed by atoms with Gasteiger partial charge in [-0.1, -0.05) is 37.3 Å². The van der Waals surface area contributed by atoms with E-state index in [0.717, 1.165) is 18.2 Å². The van der Waals surface area contributed by atoms with E-state index in [0.29, 0.717) is 17.1 Å². The first-order chi connectivity index (χ1) is 11.9. The third kappa shape index (κ3) is 3.61. The molecule has 0 unspecified atom stereocenters. The van der Waals surface area contributed by atoms with E-state index in [-0.39, 0.29) is 12.5 Å². The van der Waals surface area contributed by atoms with Crippen LogP contribution in [0.15, 0.2) is 48.5 Å². The fourth-order valence-electron chi connectivity index (χ4n) is 2.82. The Kier molecular flexibility index (Phi) is 4.67. The van der Waals surface area contributed by atoms with Gasteiger partial charge in [-0.25, -0.2) is 8.42 Å². The standard InChI is InChI=1S/C18H20N2O4S/c1-3-13-8-4-5-9-14(13)19-18(21)17-12-20(25(2,22)23)15-10-6-7-11-16(15)24-17/h4-11,17H,3,12H2,1-2H3,(H,19,21)/t17-/m0/s1. The molecule has 1 amide bonds. The number of sulfonamides is 1. The summed E-state index contributed by atoms with van der Waals surface area (Å²) in [6.07, 6.45) is 0.978. The van der Waals surface area contributed by atoms with E-state index < -0.39 is 16.1 Å². The van der Waals surface area contributed by atoms with Gasteiger partial charge >= 0.3 is 0 Å². The SMILES string of the molecule is CCc1ccccc1NC(=O)[C@@H]1CN(S(C)(=O)=O)c2ccccc2O1. The first-order valence-electron chi connectivity index (χ1n) is 8.02. The van der Waals surface area contributed by atoms with Crippen LogP contribution in [0.2, 0.25) is 0 Å². The van der Waals surface area contributed by atoms with Gasteiger partial charge in [0, 0.05) is 5.69 Å². The summed E-state index contributed by atoms with van der Waals surface area (Å²) in [5.41, 5.74) is 2.17. The van der Waals surface area contributed by atoms with Crippen molar-refractivity contribution < 1.29 is 17.9 Å². The van der Waals surface area contributed by atoms with Crippen LogP contribution in [0, 0.1) is 0 Å². The number of carbonyl (C=O) groups excluding carboxylic acids is 1. The van der Waals surface area contributed by atoms with Crippen molar-refractivity contribution in [3.63, 3.8) is 0 Å². The molecular formula is C18H20N2O4S. The molecule has 0 aliphatic carbocycles. The van der Waals surface area contributed by atoms with Gasteiger partial charge in [-0.3, -0.25) is 9.10 Å². The highest BCUT2D eigenvalue weighted by Gasteiger charge is 2.34. The number of amides is 1. The number of benzene rings is 2. The molecule has 0 saturated carbocycles. The molecule has 3 rings (SSSR count). The van der Waals surface area contributed by atoms with Crippen LogP contribution in [0.5, 0.6) is 5.75 Å². The van der Waals surface area contributed by atoms with Crippen molar-refractivity contribution in [2.45, 2.75) is 19.4 Å². The predicted octanol–water partition coefficient (Wildman–Crippen LogP) is 2.41. The second-order valence-electron chi connectivity index (χ2n) is 5.87. The Balaban J connectivity index is 1.87. The molecule has 0 bridgehead atoms. The molecule has 1 aliphatic heterocycles. The smallest absolute Gasteiger partial charge is 0.267 e. The minimum absolute atomic E-state index is 0.0596. The van der Waals surface area contributed by atoms with Crippen molar-refractivity contribution in [2.24, 2.45) is 0 Å². The quantitative estimate of drug-likeness (QED) is 0.908. The zero-order valence-corrected chi connectivity index (χ0v) is 14.9. The van der Waals surface area contributed by atoms with Crippen LogP contribution in [-0.4, -0.2) is 33.2 Å². The lowest BCUT2D eigenvalue weighted by molar-refractivity contribution is -0.122. The Morgan fingerprint density at radius 2 is 1.88 bits per heavy atom. The Hall–Kier alpha value is -2.54.